The molecule has 0 saturated carbocycles. The Bertz CT molecular complexity index is 4370. The maximum atomic E-state index is 10.5. The molecule has 4 aliphatic carbocycles. The summed E-state index contributed by atoms with van der Waals surface area (Å²) in [4.78, 5) is 8.88. The van der Waals surface area contributed by atoms with Crippen LogP contribution in [0.3, 0.4) is 0 Å². The van der Waals surface area contributed by atoms with Crippen molar-refractivity contribution in [1.82, 2.24) is 0 Å². The third-order valence-corrected chi connectivity index (χ3v) is 17.6. The second-order valence-corrected chi connectivity index (χ2v) is 27.7. The number of rotatable bonds is 10. The molecule has 4 nitrogen and oxygen atoms in total. The molecule has 4 heteroatoms. The maximum Gasteiger partial charge on any atom is 0.189 e. The Morgan fingerprint density at radius 3 is 1.51 bits per heavy atom. The van der Waals surface area contributed by atoms with Crippen LogP contribution in [0.5, 0.6) is 0 Å². The highest BCUT2D eigenvalue weighted by Crippen LogP contribution is 2.54. The van der Waals surface area contributed by atoms with Gasteiger partial charge in [-0.1, -0.05) is 253 Å². The van der Waals surface area contributed by atoms with Crippen LogP contribution < -0.4 is 9.80 Å². The Labute approximate surface area is 511 Å². The summed E-state index contributed by atoms with van der Waals surface area (Å²) in [6, 6.07) is 68.4. The molecule has 0 fully saturated rings. The Balaban J connectivity index is 1.04. The number of benzene rings is 8. The van der Waals surface area contributed by atoms with Crippen molar-refractivity contribution in [3.63, 3.8) is 0 Å². The van der Waals surface area contributed by atoms with Gasteiger partial charge >= 0.3 is 0 Å². The highest BCUT2D eigenvalue weighted by molar-refractivity contribution is 5.92. The van der Waals surface area contributed by atoms with Gasteiger partial charge < -0.3 is 9.80 Å². The third-order valence-electron chi connectivity index (χ3n) is 17.6. The van der Waals surface area contributed by atoms with Crippen LogP contribution in [0.25, 0.3) is 49.4 Å². The van der Waals surface area contributed by atoms with Gasteiger partial charge in [-0.05, 0) is 166 Å². The molecule has 0 spiro atoms. The van der Waals surface area contributed by atoms with Gasteiger partial charge in [-0.25, -0.2) is 4.85 Å². The zero-order chi connectivity index (χ0) is 60.5. The zero-order valence-corrected chi connectivity index (χ0v) is 51.9. The first kappa shape index (κ1) is 57.0. The van der Waals surface area contributed by atoms with E-state index in [4.69, 9.17) is 6.57 Å². The van der Waals surface area contributed by atoms with Crippen molar-refractivity contribution in [3.8, 4) is 50.6 Å². The molecule has 2 atom stereocenters. The summed E-state index contributed by atoms with van der Waals surface area (Å²) >= 11 is 0. The minimum absolute atomic E-state index is 0.0159. The Hall–Kier alpha value is -9.48. The number of nitrogens with zero attached hydrogens (tertiary/aromatic N) is 4. The summed E-state index contributed by atoms with van der Waals surface area (Å²) in [6.45, 7) is 35.6. The van der Waals surface area contributed by atoms with Gasteiger partial charge in [0.15, 0.2) is 5.69 Å². The molecule has 0 aromatic heterocycles. The Morgan fingerprint density at radius 2 is 0.953 bits per heavy atom. The van der Waals surface area contributed by atoms with Gasteiger partial charge in [-0.15, -0.1) is 0 Å². The molecule has 0 saturated heterocycles. The van der Waals surface area contributed by atoms with Gasteiger partial charge in [0.2, 0.25) is 0 Å². The van der Waals surface area contributed by atoms with Crippen molar-refractivity contribution in [3.05, 3.63) is 303 Å². The third kappa shape index (κ3) is 10.9. The topological polar surface area (TPSA) is 34.6 Å². The molecule has 0 radical (unpaired) electrons. The number of anilines is 4. The summed E-state index contributed by atoms with van der Waals surface area (Å²) in [5.74, 6) is -0.103. The Kier molecular flexibility index (Phi) is 14.5. The largest absolute Gasteiger partial charge is 0.330 e. The minimum Gasteiger partial charge on any atom is -0.330 e. The van der Waals surface area contributed by atoms with Crippen molar-refractivity contribution in [2.75, 3.05) is 9.80 Å². The molecule has 8 aromatic rings. The molecule has 0 bridgehead atoms. The zero-order valence-electron chi connectivity index (χ0n) is 51.9. The maximum absolute atomic E-state index is 10.5. The van der Waals surface area contributed by atoms with Gasteiger partial charge in [0.1, 0.15) is 0 Å². The van der Waals surface area contributed by atoms with Crippen molar-refractivity contribution in [2.45, 2.75) is 111 Å². The molecular formula is C82H76N4. The van der Waals surface area contributed by atoms with Crippen LogP contribution in [-0.2, 0) is 21.7 Å². The lowest BCUT2D eigenvalue weighted by molar-refractivity contribution is 0.590. The van der Waals surface area contributed by atoms with Gasteiger partial charge in [0.05, 0.1) is 35.6 Å². The fourth-order valence-electron chi connectivity index (χ4n) is 12.7. The molecular weight excluding hydrogens is 1040 g/mol. The SMILES string of the molecule is [C-]#[N+]c1cccc(N(C2=C3C=CC4=C5C(=CC=C(C=C2)C35)C(N(c2cccc(C#N)c2)c2ccc(-c3cccc(C(C)(C)C)c3)cc2-c2cccc(C(C)(C)C)c2)C=C4)c2ccc(-c3cccc(C(C)(C)C)c3)cc2-c2cccc(C(C)(C)C)c2)c1. The molecule has 0 N–H and O–H groups in total. The lowest BCUT2D eigenvalue weighted by Gasteiger charge is -2.44. The fraction of sp³-hybridized carbons (Fsp3) is 0.220. The predicted molar refractivity (Wildman–Crippen MR) is 362 cm³/mol. The summed E-state index contributed by atoms with van der Waals surface area (Å²) in [7, 11) is 0. The number of nitriles is 1. The van der Waals surface area contributed by atoms with Gasteiger partial charge in [0, 0.05) is 34.1 Å². The van der Waals surface area contributed by atoms with Gasteiger partial charge in [-0.2, -0.15) is 5.26 Å². The summed E-state index contributed by atoms with van der Waals surface area (Å²) < 4.78 is 0. The van der Waals surface area contributed by atoms with E-state index in [2.05, 4.69) is 298 Å². The first-order valence-corrected chi connectivity index (χ1v) is 30.3. The van der Waals surface area contributed by atoms with E-state index in [1.165, 1.54) is 61.2 Å². The molecule has 2 unspecified atom stereocenters. The van der Waals surface area contributed by atoms with E-state index in [0.29, 0.717) is 11.3 Å². The monoisotopic (exact) mass is 1120 g/mol. The van der Waals surface area contributed by atoms with Crippen LogP contribution in [0.15, 0.2) is 264 Å². The molecule has 0 aliphatic heterocycles. The van der Waals surface area contributed by atoms with Gasteiger partial charge in [-0.3, -0.25) is 0 Å². The van der Waals surface area contributed by atoms with Crippen LogP contribution in [0, 0.1) is 23.8 Å². The van der Waals surface area contributed by atoms with E-state index in [1.807, 2.05) is 36.4 Å². The van der Waals surface area contributed by atoms with Crippen LogP contribution >= 0.6 is 0 Å². The van der Waals surface area contributed by atoms with E-state index in [-0.39, 0.29) is 33.6 Å². The predicted octanol–water partition coefficient (Wildman–Crippen LogP) is 22.1. The lowest BCUT2D eigenvalue weighted by atomic mass is 9.67. The van der Waals surface area contributed by atoms with E-state index in [9.17, 15) is 5.26 Å². The molecule has 4 aliphatic rings. The van der Waals surface area contributed by atoms with Crippen molar-refractivity contribution < 1.29 is 0 Å². The van der Waals surface area contributed by atoms with Crippen LogP contribution in [-0.4, -0.2) is 6.04 Å². The number of allylic oxidation sites excluding steroid dienone is 10. The molecule has 424 valence electrons. The Morgan fingerprint density at radius 1 is 0.453 bits per heavy atom. The summed E-state index contributed by atoms with van der Waals surface area (Å²) in [5, 5.41) is 10.5. The average molecular weight is 1120 g/mol. The summed E-state index contributed by atoms with van der Waals surface area (Å²) in [5.41, 5.74) is 26.2. The standard InChI is InChI=1S/C82H76N4/c1-79(2,3)62-25-15-21-56(45-62)58-36-42-75(71(49-58)60-23-17-27-64(47-60)81(7,8)9)85(67-30-14-20-53(44-67)52-83)73-40-34-54-33-39-70-74(41-35-55-32-38-69(73)77(54)78(55)70)86(68-31-19-29-66(51-68)84-13)76-43-37-59(57-22-16-26-63(46-57)80(4,5)6)50-72(76)61-24-18-28-65(48-61)82(10,11)12/h14-51,73,78H,1-12H3. The van der Waals surface area contributed by atoms with E-state index in [0.717, 1.165) is 61.8 Å². The van der Waals surface area contributed by atoms with Crippen LogP contribution in [0.1, 0.15) is 111 Å². The second-order valence-electron chi connectivity index (χ2n) is 27.7. The first-order valence-electron chi connectivity index (χ1n) is 30.3. The van der Waals surface area contributed by atoms with E-state index < -0.39 is 0 Å². The molecule has 0 heterocycles. The van der Waals surface area contributed by atoms with Crippen molar-refractivity contribution in [1.29, 1.82) is 5.26 Å². The smallest absolute Gasteiger partial charge is 0.189 e. The van der Waals surface area contributed by atoms with E-state index in [1.54, 1.807) is 0 Å². The lowest BCUT2D eigenvalue weighted by Crippen LogP contribution is -2.37. The van der Waals surface area contributed by atoms with Crippen LogP contribution in [0.4, 0.5) is 28.4 Å². The van der Waals surface area contributed by atoms with Gasteiger partial charge in [0.25, 0.3) is 0 Å². The number of hydrogen-bond donors (Lipinski definition) is 0. The molecule has 86 heavy (non-hydrogen) atoms. The quantitative estimate of drug-likeness (QED) is 0.128. The average Bonchev–Trinajstić information content (AvgIpc) is 0.767. The molecule has 12 rings (SSSR count). The summed E-state index contributed by atoms with van der Waals surface area (Å²) in [6.07, 6.45) is 18.6. The number of hydrogen-bond acceptors (Lipinski definition) is 3. The second kappa shape index (κ2) is 21.9. The molecule has 8 aromatic carbocycles. The minimum atomic E-state index is -0.264. The highest BCUT2D eigenvalue weighted by atomic mass is 15.2. The normalized spacial score (nSPS) is 16.3. The molecule has 0 amide bonds. The van der Waals surface area contributed by atoms with Crippen LogP contribution in [0.2, 0.25) is 0 Å². The van der Waals surface area contributed by atoms with Crippen molar-refractivity contribution in [2.24, 2.45) is 5.92 Å². The first-order chi connectivity index (χ1) is 41.0. The van der Waals surface area contributed by atoms with E-state index >= 15 is 0 Å². The highest BCUT2D eigenvalue weighted by Gasteiger charge is 2.41. The van der Waals surface area contributed by atoms with Crippen molar-refractivity contribution >= 4 is 28.4 Å². The fourth-order valence-corrected chi connectivity index (χ4v) is 12.7.